The largest absolute Gasteiger partial charge is 0.375 e. The molecule has 2 aromatic carbocycles. The van der Waals surface area contributed by atoms with Gasteiger partial charge < -0.3 is 11.5 Å². The molecule has 1 aliphatic rings. The highest BCUT2D eigenvalue weighted by molar-refractivity contribution is 7.93. The Morgan fingerprint density at radius 2 is 1.88 bits per heavy atom. The van der Waals surface area contributed by atoms with E-state index in [0.29, 0.717) is 21.8 Å². The Labute approximate surface area is 188 Å². The van der Waals surface area contributed by atoms with Crippen molar-refractivity contribution in [2.75, 3.05) is 18.2 Å². The maximum absolute atomic E-state index is 13.0. The van der Waals surface area contributed by atoms with Crippen molar-refractivity contribution in [3.63, 3.8) is 0 Å². The Morgan fingerprint density at radius 3 is 2.50 bits per heavy atom. The number of anilines is 1. The smallest absolute Gasteiger partial charge is 0.240 e. The number of nitrogens with zero attached hydrogens (tertiary/aromatic N) is 4. The fourth-order valence-corrected chi connectivity index (χ4v) is 7.37. The number of azo groups is 1. The second kappa shape index (κ2) is 7.97. The van der Waals surface area contributed by atoms with Gasteiger partial charge in [0.25, 0.3) is 0 Å². The molecule has 0 aliphatic carbocycles. The van der Waals surface area contributed by atoms with Crippen LogP contribution in [0.4, 0.5) is 5.13 Å². The van der Waals surface area contributed by atoms with Gasteiger partial charge in [0, 0.05) is 11.6 Å². The molecule has 3 aromatic rings. The molecule has 0 fully saturated rings. The second-order valence-corrected chi connectivity index (χ2v) is 11.8. The summed E-state index contributed by atoms with van der Waals surface area (Å²) in [6.45, 7) is 1.48. The number of benzene rings is 2. The van der Waals surface area contributed by atoms with Gasteiger partial charge in [0.05, 0.1) is 26.4 Å². The second-order valence-electron chi connectivity index (χ2n) is 7.19. The number of hydrogen-bond acceptors (Lipinski definition) is 11. The molecule has 11 nitrogen and oxygen atoms in total. The third-order valence-electron chi connectivity index (χ3n) is 4.62. The van der Waals surface area contributed by atoms with Crippen molar-refractivity contribution in [1.29, 1.82) is 0 Å². The van der Waals surface area contributed by atoms with Crippen LogP contribution in [0.1, 0.15) is 12.5 Å². The summed E-state index contributed by atoms with van der Waals surface area (Å²) in [6, 6.07) is 7.26. The number of fused-ring (bicyclic) bond motifs is 1. The highest BCUT2D eigenvalue weighted by Gasteiger charge is 2.33. The average molecular weight is 494 g/mol. The van der Waals surface area contributed by atoms with Crippen LogP contribution in [0.5, 0.6) is 0 Å². The Hall–Kier alpha value is -2.78. The molecule has 1 aliphatic heterocycles. The molecule has 6 N–H and O–H groups in total. The summed E-state index contributed by atoms with van der Waals surface area (Å²) in [5.74, 6) is -0.511. The number of aliphatic imine (C=N–C) groups is 1. The maximum Gasteiger partial charge on any atom is 0.240 e. The first-order valence-electron chi connectivity index (χ1n) is 9.25. The monoisotopic (exact) mass is 493 g/mol. The third-order valence-corrected chi connectivity index (χ3v) is 8.57. The van der Waals surface area contributed by atoms with Crippen molar-refractivity contribution >= 4 is 52.4 Å². The summed E-state index contributed by atoms with van der Waals surface area (Å²) in [4.78, 5) is 7.42. The minimum absolute atomic E-state index is 0.0243. The van der Waals surface area contributed by atoms with Crippen LogP contribution in [0.15, 0.2) is 55.3 Å². The molecule has 0 spiro atoms. The molecule has 0 saturated carbocycles. The molecule has 0 bridgehead atoms. The van der Waals surface area contributed by atoms with Crippen molar-refractivity contribution < 1.29 is 16.8 Å². The number of aromatic nitrogens is 1. The van der Waals surface area contributed by atoms with E-state index in [4.69, 9.17) is 16.6 Å². The number of sulfone groups is 1. The Bertz CT molecular complexity index is 1510. The van der Waals surface area contributed by atoms with Gasteiger partial charge in [0.15, 0.2) is 27.5 Å². The highest BCUT2D eigenvalue weighted by atomic mass is 32.2. The molecule has 14 heteroatoms. The van der Waals surface area contributed by atoms with Gasteiger partial charge in [-0.2, -0.15) is 5.11 Å². The molecular weight excluding hydrogens is 474 g/mol. The number of primary sulfonamides is 1. The van der Waals surface area contributed by atoms with E-state index in [9.17, 15) is 16.8 Å². The zero-order valence-corrected chi connectivity index (χ0v) is 19.2. The van der Waals surface area contributed by atoms with Crippen LogP contribution in [0, 0.1) is 0 Å². The lowest BCUT2D eigenvalue weighted by Gasteiger charge is -2.17. The summed E-state index contributed by atoms with van der Waals surface area (Å²) >= 11 is 1.26. The third kappa shape index (κ3) is 4.02. The van der Waals surface area contributed by atoms with Crippen molar-refractivity contribution in [1.82, 2.24) is 4.98 Å². The van der Waals surface area contributed by atoms with E-state index in [2.05, 4.69) is 20.2 Å². The molecule has 1 aromatic heterocycles. The number of nitrogens with two attached hydrogens (primary N) is 3. The number of amidine groups is 1. The topological polar surface area (TPSA) is 196 Å². The molecule has 0 amide bonds. The number of rotatable bonds is 6. The number of sulfonamides is 1. The molecule has 0 saturated heterocycles. The minimum atomic E-state index is -4.54. The van der Waals surface area contributed by atoms with Gasteiger partial charge in [0.2, 0.25) is 10.0 Å². The Kier molecular flexibility index (Phi) is 5.58. The predicted octanol–water partition coefficient (Wildman–Crippen LogP) is 1.48. The van der Waals surface area contributed by atoms with E-state index in [1.54, 1.807) is 12.1 Å². The first-order valence-corrected chi connectivity index (χ1v) is 13.3. The lowest BCUT2D eigenvalue weighted by molar-refractivity contribution is 0.579. The summed E-state index contributed by atoms with van der Waals surface area (Å²) in [5.41, 5.74) is 12.9. The molecule has 0 unspecified atom stereocenters. The lowest BCUT2D eigenvalue weighted by atomic mass is 9.98. The van der Waals surface area contributed by atoms with Gasteiger partial charge in [-0.25, -0.2) is 32.0 Å². The van der Waals surface area contributed by atoms with Crippen LogP contribution in [0.2, 0.25) is 0 Å². The van der Waals surface area contributed by atoms with Crippen molar-refractivity contribution in [3.8, 4) is 11.1 Å². The normalized spacial score (nSPS) is 15.3. The van der Waals surface area contributed by atoms with Gasteiger partial charge >= 0.3 is 0 Å². The van der Waals surface area contributed by atoms with Crippen LogP contribution in [0.25, 0.3) is 21.3 Å². The number of thiazole rings is 1. The molecule has 4 rings (SSSR count). The molecule has 168 valence electrons. The lowest BCUT2D eigenvalue weighted by Crippen LogP contribution is -2.28. The Balaban J connectivity index is 2.15. The summed E-state index contributed by atoms with van der Waals surface area (Å²) in [5, 5.41) is 13.6. The van der Waals surface area contributed by atoms with E-state index in [-0.39, 0.29) is 18.1 Å². The maximum atomic E-state index is 13.0. The van der Waals surface area contributed by atoms with Crippen molar-refractivity contribution in [2.45, 2.75) is 22.8 Å². The molecule has 2 heterocycles. The fraction of sp³-hybridized carbons (Fsp3) is 0.222. The van der Waals surface area contributed by atoms with Crippen LogP contribution in [0.3, 0.4) is 0 Å². The van der Waals surface area contributed by atoms with E-state index < -0.39 is 41.4 Å². The van der Waals surface area contributed by atoms with E-state index in [1.165, 1.54) is 30.4 Å². The zero-order chi connectivity index (χ0) is 23.3. The van der Waals surface area contributed by atoms with E-state index in [1.807, 2.05) is 6.07 Å². The van der Waals surface area contributed by atoms with Crippen LogP contribution in [-0.2, 0) is 19.9 Å². The van der Waals surface area contributed by atoms with Gasteiger partial charge in [-0.3, -0.25) is 0 Å². The predicted molar refractivity (Wildman–Crippen MR) is 123 cm³/mol. The SMILES string of the molecule is C[C@H](N)CS(=O)(=O)c1ccc(-c2cccc3sc(N)nc23)c(C2=NCN=N2)c1S(N)(=O)=O. The van der Waals surface area contributed by atoms with E-state index in [0.717, 1.165) is 4.70 Å². The van der Waals surface area contributed by atoms with Gasteiger partial charge in [-0.1, -0.05) is 29.5 Å². The first-order chi connectivity index (χ1) is 15.0. The molecular formula is C18H19N7O4S3. The van der Waals surface area contributed by atoms with Gasteiger partial charge in [-0.05, 0) is 24.6 Å². The summed E-state index contributed by atoms with van der Waals surface area (Å²) < 4.78 is 52.3. The summed E-state index contributed by atoms with van der Waals surface area (Å²) in [7, 11) is -8.65. The van der Waals surface area contributed by atoms with Crippen LogP contribution in [-0.4, -0.2) is 46.1 Å². The average Bonchev–Trinajstić information content (AvgIpc) is 3.33. The quantitative estimate of drug-likeness (QED) is 0.462. The molecule has 1 atom stereocenters. The molecule has 32 heavy (non-hydrogen) atoms. The van der Waals surface area contributed by atoms with E-state index >= 15 is 0 Å². The van der Waals surface area contributed by atoms with Crippen LogP contribution >= 0.6 is 11.3 Å². The first kappa shape index (κ1) is 22.4. The Morgan fingerprint density at radius 1 is 1.12 bits per heavy atom. The minimum Gasteiger partial charge on any atom is -0.375 e. The fourth-order valence-electron chi connectivity index (χ4n) is 3.51. The zero-order valence-electron chi connectivity index (χ0n) is 16.8. The number of hydrogen-bond donors (Lipinski definition) is 3. The molecule has 0 radical (unpaired) electrons. The van der Waals surface area contributed by atoms with Gasteiger partial charge in [-0.15, -0.1) is 5.11 Å². The standard InChI is InChI=1S/C18H19N7O4S3/c1-9(19)7-31(26,27)13-6-5-10(11-3-2-4-12-15(11)24-18(20)30-12)14(16(13)32(21,28)29)17-22-8-23-25-17/h2-6,9H,7-8,19H2,1H3,(H2,20,24)(H2,21,28,29)/t9-/m0/s1. The number of para-hydroxylation sites is 1. The van der Waals surface area contributed by atoms with Crippen LogP contribution < -0.4 is 16.6 Å². The highest BCUT2D eigenvalue weighted by Crippen LogP contribution is 2.39. The number of nitrogen functional groups attached to an aromatic ring is 1. The van der Waals surface area contributed by atoms with Gasteiger partial charge in [0.1, 0.15) is 4.90 Å². The van der Waals surface area contributed by atoms with Crippen molar-refractivity contribution in [3.05, 3.63) is 35.9 Å². The van der Waals surface area contributed by atoms with Crippen molar-refractivity contribution in [2.24, 2.45) is 26.1 Å². The summed E-state index contributed by atoms with van der Waals surface area (Å²) in [6.07, 6.45) is 0.